The minimum Gasteiger partial charge on any atom is -0.368 e. The van der Waals surface area contributed by atoms with Gasteiger partial charge in [-0.2, -0.15) is 13.2 Å². The maximum absolute atomic E-state index is 11.8. The lowest BCUT2D eigenvalue weighted by atomic mass is 10.1. The lowest BCUT2D eigenvalue weighted by molar-refractivity contribution is -0.186. The van der Waals surface area contributed by atoms with Gasteiger partial charge in [0.05, 0.1) is 18.6 Å². The van der Waals surface area contributed by atoms with Crippen molar-refractivity contribution in [3.63, 3.8) is 0 Å². The van der Waals surface area contributed by atoms with Gasteiger partial charge >= 0.3 is 6.18 Å². The Morgan fingerprint density at radius 3 is 2.67 bits per heavy atom. The number of amidine groups is 1. The van der Waals surface area contributed by atoms with Crippen LogP contribution in [-0.4, -0.2) is 42.8 Å². The predicted octanol–water partition coefficient (Wildman–Crippen LogP) is 0.923. The van der Waals surface area contributed by atoms with Crippen LogP contribution in [0.15, 0.2) is 0 Å². The van der Waals surface area contributed by atoms with Gasteiger partial charge in [0, 0.05) is 13.0 Å². The second-order valence-electron chi connectivity index (χ2n) is 3.43. The third-order valence-electron chi connectivity index (χ3n) is 2.23. The van der Waals surface area contributed by atoms with E-state index in [1.165, 1.54) is 0 Å². The number of ether oxygens (including phenoxy) is 1. The molecule has 0 spiro atoms. The highest BCUT2D eigenvalue weighted by Gasteiger charge is 2.31. The average Bonchev–Trinajstić information content (AvgIpc) is 2.14. The highest BCUT2D eigenvalue weighted by Crippen LogP contribution is 2.20. The fraction of sp³-hybridized carbons (Fsp3) is 0.875. The molecule has 1 unspecified atom stereocenters. The number of hydrogen-bond acceptors (Lipinski definition) is 3. The first-order valence-corrected chi connectivity index (χ1v) is 4.63. The Morgan fingerprint density at radius 2 is 2.20 bits per heavy atom. The van der Waals surface area contributed by atoms with Gasteiger partial charge in [-0.25, -0.2) is 0 Å². The number of alkyl halides is 3. The van der Waals surface area contributed by atoms with E-state index in [1.54, 1.807) is 4.90 Å². The summed E-state index contributed by atoms with van der Waals surface area (Å²) in [4.78, 5) is 1.62. The monoisotopic (exact) mass is 225 g/mol. The molecular formula is C8H14F3N3O. The predicted molar refractivity (Wildman–Crippen MR) is 48.5 cm³/mol. The summed E-state index contributed by atoms with van der Waals surface area (Å²) in [5.74, 6) is 0.246. The summed E-state index contributed by atoms with van der Waals surface area (Å²) < 4.78 is 40.2. The summed E-state index contributed by atoms with van der Waals surface area (Å²) in [5.41, 5.74) is 5.35. The van der Waals surface area contributed by atoms with Crippen LogP contribution in [-0.2, 0) is 4.74 Å². The van der Waals surface area contributed by atoms with Crippen LogP contribution in [0.3, 0.4) is 0 Å². The Kier molecular flexibility index (Phi) is 3.92. The van der Waals surface area contributed by atoms with Crippen LogP contribution >= 0.6 is 0 Å². The Bertz CT molecular complexity index is 232. The molecule has 0 aliphatic carbocycles. The van der Waals surface area contributed by atoms with Crippen LogP contribution in [0, 0.1) is 5.41 Å². The number of nitrogens with zero attached hydrogens (tertiary/aromatic N) is 1. The van der Waals surface area contributed by atoms with E-state index in [1.807, 2.05) is 0 Å². The van der Waals surface area contributed by atoms with E-state index in [0.717, 1.165) is 0 Å². The topological polar surface area (TPSA) is 62.3 Å². The molecule has 1 aliphatic heterocycles. The van der Waals surface area contributed by atoms with E-state index in [4.69, 9.17) is 11.1 Å². The second-order valence-corrected chi connectivity index (χ2v) is 3.43. The van der Waals surface area contributed by atoms with Crippen molar-refractivity contribution >= 4 is 5.84 Å². The Balaban J connectivity index is 2.32. The van der Waals surface area contributed by atoms with Crippen molar-refractivity contribution in [1.29, 1.82) is 5.41 Å². The maximum atomic E-state index is 11.8. The number of rotatable bonds is 3. The van der Waals surface area contributed by atoms with Crippen LogP contribution in [0.1, 0.15) is 12.8 Å². The summed E-state index contributed by atoms with van der Waals surface area (Å²) in [5, 5.41) is 7.50. The van der Waals surface area contributed by atoms with Crippen molar-refractivity contribution in [1.82, 2.24) is 4.90 Å². The van der Waals surface area contributed by atoms with Gasteiger partial charge in [0.1, 0.15) is 6.61 Å². The van der Waals surface area contributed by atoms with Crippen molar-refractivity contribution in [2.75, 3.05) is 19.8 Å². The molecule has 1 saturated heterocycles. The van der Waals surface area contributed by atoms with E-state index in [9.17, 15) is 13.2 Å². The number of piperidine rings is 1. The molecule has 7 heteroatoms. The van der Waals surface area contributed by atoms with E-state index < -0.39 is 18.9 Å². The zero-order valence-corrected chi connectivity index (χ0v) is 8.18. The molecule has 1 aliphatic rings. The molecule has 3 N–H and O–H groups in total. The van der Waals surface area contributed by atoms with Crippen molar-refractivity contribution in [2.45, 2.75) is 25.1 Å². The largest absolute Gasteiger partial charge is 0.411 e. The molecule has 4 nitrogen and oxygen atoms in total. The summed E-state index contributed by atoms with van der Waals surface area (Å²) >= 11 is 0. The van der Waals surface area contributed by atoms with E-state index in [0.29, 0.717) is 13.0 Å². The Morgan fingerprint density at radius 1 is 1.53 bits per heavy atom. The molecule has 0 amide bonds. The van der Waals surface area contributed by atoms with Gasteiger partial charge in [-0.3, -0.25) is 5.41 Å². The van der Waals surface area contributed by atoms with Crippen LogP contribution in [0.25, 0.3) is 0 Å². The second kappa shape index (κ2) is 4.80. The van der Waals surface area contributed by atoms with Gasteiger partial charge in [-0.05, 0) is 6.42 Å². The minimum absolute atomic E-state index is 0.202. The van der Waals surface area contributed by atoms with Gasteiger partial charge in [0.15, 0.2) is 0 Å². The fourth-order valence-corrected chi connectivity index (χ4v) is 1.44. The minimum atomic E-state index is -4.30. The van der Waals surface area contributed by atoms with Gasteiger partial charge in [-0.1, -0.05) is 0 Å². The number of likely N-dealkylation sites (tertiary alicyclic amines) is 1. The normalized spacial score (nSPS) is 23.3. The highest BCUT2D eigenvalue weighted by molar-refractivity contribution is 5.80. The first kappa shape index (κ1) is 12.3. The standard InChI is InChI=1S/C8H14F3N3O/c9-8(10,11)4-15-6-1-2-14(5-12)7(13)3-6/h6,13H,1-5,12H2. The van der Waals surface area contributed by atoms with Gasteiger partial charge < -0.3 is 15.4 Å². The molecule has 88 valence electrons. The Hall–Kier alpha value is -0.820. The summed E-state index contributed by atoms with van der Waals surface area (Å²) in [6, 6.07) is 0. The third kappa shape index (κ3) is 4.05. The Labute approximate surface area is 85.7 Å². The number of nitrogens with two attached hydrogens (primary N) is 1. The number of halogens is 3. The van der Waals surface area contributed by atoms with Crippen molar-refractivity contribution in [3.05, 3.63) is 0 Å². The molecule has 0 bridgehead atoms. The van der Waals surface area contributed by atoms with Crippen LogP contribution < -0.4 is 5.73 Å². The van der Waals surface area contributed by atoms with Gasteiger partial charge in [0.25, 0.3) is 0 Å². The van der Waals surface area contributed by atoms with Crippen molar-refractivity contribution < 1.29 is 17.9 Å². The highest BCUT2D eigenvalue weighted by atomic mass is 19.4. The third-order valence-corrected chi connectivity index (χ3v) is 2.23. The SMILES string of the molecule is N=C1CC(OCC(F)(F)F)CCN1CN. The first-order chi connectivity index (χ1) is 6.92. The molecular weight excluding hydrogens is 211 g/mol. The molecule has 15 heavy (non-hydrogen) atoms. The van der Waals surface area contributed by atoms with Crippen LogP contribution in [0.2, 0.25) is 0 Å². The van der Waals surface area contributed by atoms with E-state index in [-0.39, 0.29) is 18.9 Å². The quantitative estimate of drug-likeness (QED) is 0.750. The van der Waals surface area contributed by atoms with E-state index >= 15 is 0 Å². The van der Waals surface area contributed by atoms with Gasteiger partial charge in [0.2, 0.25) is 0 Å². The van der Waals surface area contributed by atoms with Crippen LogP contribution in [0.5, 0.6) is 0 Å². The zero-order valence-electron chi connectivity index (χ0n) is 8.18. The molecule has 1 heterocycles. The average molecular weight is 225 g/mol. The molecule has 0 saturated carbocycles. The molecule has 0 aromatic heterocycles. The number of nitrogens with one attached hydrogen (secondary N) is 1. The molecule has 0 aromatic carbocycles. The lowest BCUT2D eigenvalue weighted by Gasteiger charge is -2.32. The van der Waals surface area contributed by atoms with Crippen molar-refractivity contribution in [3.8, 4) is 0 Å². The number of hydrogen-bond donors (Lipinski definition) is 2. The molecule has 1 fully saturated rings. The summed E-state index contributed by atoms with van der Waals surface area (Å²) in [6.07, 6.45) is -4.13. The smallest absolute Gasteiger partial charge is 0.368 e. The van der Waals surface area contributed by atoms with Gasteiger partial charge in [-0.15, -0.1) is 0 Å². The first-order valence-electron chi connectivity index (χ1n) is 4.63. The van der Waals surface area contributed by atoms with Crippen LogP contribution in [0.4, 0.5) is 13.2 Å². The molecule has 0 aromatic rings. The lowest BCUT2D eigenvalue weighted by Crippen LogP contribution is -2.44. The summed E-state index contributed by atoms with van der Waals surface area (Å²) in [7, 11) is 0. The molecule has 0 radical (unpaired) electrons. The molecule has 1 rings (SSSR count). The fourth-order valence-electron chi connectivity index (χ4n) is 1.44. The van der Waals surface area contributed by atoms with Crippen molar-refractivity contribution in [2.24, 2.45) is 5.73 Å². The molecule has 1 atom stereocenters. The van der Waals surface area contributed by atoms with E-state index in [2.05, 4.69) is 4.74 Å². The zero-order chi connectivity index (χ0) is 11.5. The summed E-state index contributed by atoms with van der Waals surface area (Å²) in [6.45, 7) is -0.531. The maximum Gasteiger partial charge on any atom is 0.411 e.